The Morgan fingerprint density at radius 2 is 1.48 bits per heavy atom. The quantitative estimate of drug-likeness (QED) is 0.519. The fourth-order valence-corrected chi connectivity index (χ4v) is 4.12. The third-order valence-electron chi connectivity index (χ3n) is 3.71. The average molecular weight is 453 g/mol. The van der Waals surface area contributed by atoms with Crippen LogP contribution in [0.3, 0.4) is 0 Å². The van der Waals surface area contributed by atoms with Crippen LogP contribution in [0, 0.1) is 0 Å². The van der Waals surface area contributed by atoms with Crippen LogP contribution in [0.4, 0.5) is 16.5 Å². The van der Waals surface area contributed by atoms with E-state index in [0.717, 1.165) is 6.26 Å². The van der Waals surface area contributed by atoms with Crippen LogP contribution in [-0.2, 0) is 19.9 Å². The molecule has 0 saturated heterocycles. The molecule has 0 saturated carbocycles. The molecular formula is C17H16N4O5S3. The second-order valence-corrected chi connectivity index (χ2v) is 10.4. The number of hydrogen-bond donors (Lipinski definition) is 3. The van der Waals surface area contributed by atoms with E-state index < -0.39 is 25.8 Å². The number of nitrogens with zero attached hydrogens (tertiary/aromatic N) is 1. The lowest BCUT2D eigenvalue weighted by molar-refractivity contribution is 0.102. The molecule has 3 aromatic rings. The van der Waals surface area contributed by atoms with Gasteiger partial charge in [-0.1, -0.05) is 0 Å². The second kappa shape index (κ2) is 7.91. The zero-order valence-electron chi connectivity index (χ0n) is 15.0. The van der Waals surface area contributed by atoms with Crippen LogP contribution in [0.2, 0.25) is 0 Å². The summed E-state index contributed by atoms with van der Waals surface area (Å²) in [7, 11) is -7.08. The lowest BCUT2D eigenvalue weighted by atomic mass is 10.3. The zero-order valence-corrected chi connectivity index (χ0v) is 17.4. The third kappa shape index (κ3) is 5.38. The average Bonchev–Trinajstić information content (AvgIpc) is 3.10. The van der Waals surface area contributed by atoms with Gasteiger partial charge in [-0.2, -0.15) is 0 Å². The number of thiazole rings is 1. The number of sulfonamides is 1. The number of carbonyl (C=O) groups excluding carboxylic acids is 1. The van der Waals surface area contributed by atoms with Crippen LogP contribution in [0.25, 0.3) is 0 Å². The lowest BCUT2D eigenvalue weighted by Crippen LogP contribution is -2.14. The van der Waals surface area contributed by atoms with Crippen molar-refractivity contribution in [3.63, 3.8) is 0 Å². The first-order chi connectivity index (χ1) is 13.5. The van der Waals surface area contributed by atoms with E-state index in [1.165, 1.54) is 47.7 Å². The minimum Gasteiger partial charge on any atom is -0.332 e. The van der Waals surface area contributed by atoms with E-state index in [9.17, 15) is 21.6 Å². The van der Waals surface area contributed by atoms with Crippen molar-refractivity contribution in [3.8, 4) is 0 Å². The highest BCUT2D eigenvalue weighted by Gasteiger charge is 2.13. The first-order valence-electron chi connectivity index (χ1n) is 7.99. The summed E-state index contributed by atoms with van der Waals surface area (Å²) in [5.74, 6) is -0.468. The van der Waals surface area contributed by atoms with Gasteiger partial charge in [-0.15, -0.1) is 11.3 Å². The Kier molecular flexibility index (Phi) is 5.71. The van der Waals surface area contributed by atoms with Gasteiger partial charge in [-0.3, -0.25) is 4.79 Å². The number of benzene rings is 2. The van der Waals surface area contributed by atoms with Crippen molar-refractivity contribution >= 4 is 53.6 Å². The molecule has 1 heterocycles. The monoisotopic (exact) mass is 452 g/mol. The van der Waals surface area contributed by atoms with Crippen LogP contribution < -0.4 is 15.8 Å². The minimum absolute atomic E-state index is 0.0578. The van der Waals surface area contributed by atoms with E-state index in [0.29, 0.717) is 16.5 Å². The maximum atomic E-state index is 12.3. The van der Waals surface area contributed by atoms with Gasteiger partial charge < -0.3 is 10.6 Å². The Morgan fingerprint density at radius 1 is 0.931 bits per heavy atom. The van der Waals surface area contributed by atoms with E-state index in [1.807, 2.05) is 0 Å². The summed E-state index contributed by atoms with van der Waals surface area (Å²) in [5.41, 5.74) is 1.18. The molecule has 2 aromatic carbocycles. The molecule has 0 fully saturated rings. The fourth-order valence-electron chi connectivity index (χ4n) is 2.27. The van der Waals surface area contributed by atoms with Crippen molar-refractivity contribution in [2.45, 2.75) is 9.79 Å². The molecule has 0 aliphatic heterocycles. The van der Waals surface area contributed by atoms with E-state index in [2.05, 4.69) is 15.6 Å². The van der Waals surface area contributed by atoms with Gasteiger partial charge in [0.15, 0.2) is 15.0 Å². The van der Waals surface area contributed by atoms with Gasteiger partial charge >= 0.3 is 0 Å². The Labute approximate surface area is 171 Å². The Hall–Kier alpha value is -2.80. The molecule has 0 aliphatic carbocycles. The summed E-state index contributed by atoms with van der Waals surface area (Å²) in [5, 5.41) is 12.7. The number of rotatable bonds is 6. The molecule has 0 aliphatic rings. The number of primary sulfonamides is 1. The highest BCUT2D eigenvalue weighted by Crippen LogP contribution is 2.23. The number of hydrogen-bond acceptors (Lipinski definition) is 8. The molecule has 4 N–H and O–H groups in total. The number of sulfone groups is 1. The summed E-state index contributed by atoms with van der Waals surface area (Å²) >= 11 is 1.20. The first kappa shape index (κ1) is 20.9. The van der Waals surface area contributed by atoms with Crippen LogP contribution in [0.15, 0.2) is 63.7 Å². The standard InChI is InChI=1S/C17H16N4O5S3/c1-28(23,24)13-6-2-12(3-7-13)20-17-21-15(10-27-17)16(22)19-11-4-8-14(9-5-11)29(18,25)26/h2-10H,1H3,(H,19,22)(H,20,21)(H2,18,25,26). The predicted molar refractivity (Wildman–Crippen MR) is 111 cm³/mol. The van der Waals surface area contributed by atoms with E-state index in [1.54, 1.807) is 17.5 Å². The fraction of sp³-hybridized carbons (Fsp3) is 0.0588. The molecule has 152 valence electrons. The number of anilines is 3. The summed E-state index contributed by atoms with van der Waals surface area (Å²) in [6.45, 7) is 0. The largest absolute Gasteiger partial charge is 0.332 e. The van der Waals surface area contributed by atoms with Crippen molar-refractivity contribution in [2.24, 2.45) is 5.14 Å². The number of nitrogens with two attached hydrogens (primary N) is 1. The van der Waals surface area contributed by atoms with E-state index in [4.69, 9.17) is 5.14 Å². The highest BCUT2D eigenvalue weighted by atomic mass is 32.2. The summed E-state index contributed by atoms with van der Waals surface area (Å²) in [6, 6.07) is 11.6. The van der Waals surface area contributed by atoms with Crippen molar-refractivity contribution in [2.75, 3.05) is 16.9 Å². The van der Waals surface area contributed by atoms with E-state index in [-0.39, 0.29) is 15.5 Å². The van der Waals surface area contributed by atoms with Gasteiger partial charge in [-0.05, 0) is 48.5 Å². The summed E-state index contributed by atoms with van der Waals surface area (Å²) in [6.07, 6.45) is 1.13. The number of amides is 1. The van der Waals surface area contributed by atoms with Gasteiger partial charge in [0.05, 0.1) is 9.79 Å². The maximum Gasteiger partial charge on any atom is 0.275 e. The SMILES string of the molecule is CS(=O)(=O)c1ccc(Nc2nc(C(=O)Nc3ccc(S(N)(=O)=O)cc3)cs2)cc1. The zero-order chi connectivity index (χ0) is 21.2. The summed E-state index contributed by atoms with van der Waals surface area (Å²) < 4.78 is 45.5. The molecular weight excluding hydrogens is 436 g/mol. The van der Waals surface area contributed by atoms with Gasteiger partial charge in [0.25, 0.3) is 5.91 Å². The minimum atomic E-state index is -3.80. The third-order valence-corrected chi connectivity index (χ3v) is 6.53. The van der Waals surface area contributed by atoms with Crippen molar-refractivity contribution in [1.82, 2.24) is 4.98 Å². The van der Waals surface area contributed by atoms with Gasteiger partial charge in [0.1, 0.15) is 5.69 Å². The maximum absolute atomic E-state index is 12.3. The number of carbonyl (C=O) groups is 1. The van der Waals surface area contributed by atoms with Crippen LogP contribution in [0.5, 0.6) is 0 Å². The van der Waals surface area contributed by atoms with Gasteiger partial charge in [-0.25, -0.2) is 27.0 Å². The number of nitrogens with one attached hydrogen (secondary N) is 2. The topological polar surface area (TPSA) is 148 Å². The molecule has 9 nitrogen and oxygen atoms in total. The van der Waals surface area contributed by atoms with Crippen molar-refractivity contribution in [1.29, 1.82) is 0 Å². The van der Waals surface area contributed by atoms with Crippen molar-refractivity contribution in [3.05, 3.63) is 59.6 Å². The first-order valence-corrected chi connectivity index (χ1v) is 12.3. The van der Waals surface area contributed by atoms with Gasteiger partial charge in [0.2, 0.25) is 10.0 Å². The Balaban J connectivity index is 1.67. The van der Waals surface area contributed by atoms with Crippen molar-refractivity contribution < 1.29 is 21.6 Å². The Bertz CT molecular complexity index is 1250. The lowest BCUT2D eigenvalue weighted by Gasteiger charge is -2.05. The molecule has 1 amide bonds. The normalized spacial score (nSPS) is 11.8. The number of aromatic nitrogens is 1. The van der Waals surface area contributed by atoms with Crippen LogP contribution in [-0.4, -0.2) is 34.0 Å². The van der Waals surface area contributed by atoms with E-state index >= 15 is 0 Å². The predicted octanol–water partition coefficient (Wildman–Crippen LogP) is 2.19. The van der Waals surface area contributed by atoms with Crippen LogP contribution in [0.1, 0.15) is 10.5 Å². The van der Waals surface area contributed by atoms with Gasteiger partial charge in [0, 0.05) is 23.0 Å². The smallest absolute Gasteiger partial charge is 0.275 e. The molecule has 12 heteroatoms. The van der Waals surface area contributed by atoms with Crippen LogP contribution >= 0.6 is 11.3 Å². The highest BCUT2D eigenvalue weighted by molar-refractivity contribution is 7.90. The molecule has 0 bridgehead atoms. The molecule has 0 unspecified atom stereocenters. The molecule has 0 radical (unpaired) electrons. The second-order valence-electron chi connectivity index (χ2n) is 5.98. The molecule has 1 aromatic heterocycles. The molecule has 3 rings (SSSR count). The Morgan fingerprint density at radius 3 is 2.03 bits per heavy atom. The molecule has 0 atom stereocenters. The molecule has 0 spiro atoms. The molecule has 29 heavy (non-hydrogen) atoms. The summed E-state index contributed by atoms with van der Waals surface area (Å²) in [4.78, 5) is 16.6.